The molecule has 0 fully saturated rings. The van der Waals surface area contributed by atoms with E-state index in [1.807, 2.05) is 12.1 Å². The zero-order valence-corrected chi connectivity index (χ0v) is 64.2. The molecule has 0 unspecified atom stereocenters. The number of hydrogen-bond donors (Lipinski definition) is 0. The fourth-order valence-electron chi connectivity index (χ4n) is 16.7. The Bertz CT molecular complexity index is 6270. The van der Waals surface area contributed by atoms with E-state index in [2.05, 4.69) is 471 Å². The first-order chi connectivity index (χ1) is 55.5. The lowest BCUT2D eigenvalue weighted by Crippen LogP contribution is -2.16. The Morgan fingerprint density at radius 1 is 0.195 bits per heavy atom. The van der Waals surface area contributed by atoms with Gasteiger partial charge >= 0.3 is 0 Å². The monoisotopic (exact) mass is 1450 g/mol. The Morgan fingerprint density at radius 3 is 0.982 bits per heavy atom. The fourth-order valence-corrected chi connectivity index (χ4v) is 16.7. The van der Waals surface area contributed by atoms with Gasteiger partial charge in [-0.05, 0) is 253 Å². The molecule has 0 heterocycles. The molecule has 113 heavy (non-hydrogen) atoms. The highest BCUT2D eigenvalue weighted by Gasteiger charge is 2.36. The predicted molar refractivity (Wildman–Crippen MR) is 483 cm³/mol. The van der Waals surface area contributed by atoms with Crippen molar-refractivity contribution in [2.45, 2.75) is 25.7 Å². The van der Waals surface area contributed by atoms with E-state index in [4.69, 9.17) is 0 Å². The van der Waals surface area contributed by atoms with Crippen molar-refractivity contribution in [3.05, 3.63) is 441 Å². The van der Waals surface area contributed by atoms with Crippen molar-refractivity contribution in [2.24, 2.45) is 0 Å². The molecule has 0 aromatic heterocycles. The third kappa shape index (κ3) is 13.9. The highest BCUT2D eigenvalue weighted by molar-refractivity contribution is 6.05. The van der Waals surface area contributed by atoms with Gasteiger partial charge in [-0.25, -0.2) is 0 Å². The summed E-state index contributed by atoms with van der Waals surface area (Å²) < 4.78 is 0. The second kappa shape index (κ2) is 30.7. The molecule has 20 rings (SSSR count). The van der Waals surface area contributed by atoms with Crippen LogP contribution in [0.15, 0.2) is 419 Å². The maximum Gasteiger partial charge on any atom is 0.0540 e. The van der Waals surface area contributed by atoms with E-state index in [1.54, 1.807) is 0 Å². The molecule has 2 aliphatic carbocycles. The quantitative estimate of drug-likeness (QED) is 0.101. The summed E-state index contributed by atoms with van der Waals surface area (Å²) in [7, 11) is 6.34. The first kappa shape index (κ1) is 70.5. The van der Waals surface area contributed by atoms with Gasteiger partial charge in [-0.1, -0.05) is 263 Å². The lowest BCUT2D eigenvalue weighted by molar-refractivity contribution is 0.660. The van der Waals surface area contributed by atoms with Crippen molar-refractivity contribution in [2.75, 3.05) is 50.5 Å². The number of benzene rings is 18. The van der Waals surface area contributed by atoms with E-state index in [0.29, 0.717) is 0 Å². The molecule has 0 saturated carbocycles. The van der Waals surface area contributed by atoms with Gasteiger partial charge < -0.3 is 29.4 Å². The second-order valence-electron chi connectivity index (χ2n) is 29.9. The summed E-state index contributed by atoms with van der Waals surface area (Å²) in [6, 6.07) is 150. The van der Waals surface area contributed by atoms with Crippen LogP contribution in [0, 0.1) is 0 Å². The largest absolute Gasteiger partial charge is 0.345 e. The van der Waals surface area contributed by atoms with E-state index < -0.39 is 0 Å². The summed E-state index contributed by atoms with van der Waals surface area (Å²) in [5, 5.41) is 9.88. The number of rotatable bonds is 15. The Hall–Kier alpha value is -14.2. The lowest BCUT2D eigenvalue weighted by atomic mass is 9.82. The lowest BCUT2D eigenvalue weighted by Gasteiger charge is -2.29. The smallest absolute Gasteiger partial charge is 0.0540 e. The van der Waals surface area contributed by atoms with E-state index >= 15 is 0 Å². The number of anilines is 15. The predicted octanol–water partition coefficient (Wildman–Crippen LogP) is 29.3. The molecule has 2 aliphatic rings. The molecule has 6 nitrogen and oxygen atoms in total. The number of nitrogens with zero attached hydrogens (tertiary/aromatic N) is 6. The number of para-hydroxylation sites is 3. The van der Waals surface area contributed by atoms with Crippen LogP contribution in [0.5, 0.6) is 0 Å². The van der Waals surface area contributed by atoms with Gasteiger partial charge in [0.15, 0.2) is 0 Å². The van der Waals surface area contributed by atoms with Gasteiger partial charge in [0.25, 0.3) is 0 Å². The Kier molecular flexibility index (Phi) is 19.1. The van der Waals surface area contributed by atoms with Crippen molar-refractivity contribution in [1.29, 1.82) is 0 Å². The van der Waals surface area contributed by atoms with Crippen LogP contribution in [0.2, 0.25) is 0 Å². The minimum absolute atomic E-state index is 0.0601. The normalized spacial score (nSPS) is 12.0. The molecule has 544 valence electrons. The Morgan fingerprint density at radius 2 is 0.504 bits per heavy atom. The molecule has 0 atom stereocenters. The summed E-state index contributed by atoms with van der Waals surface area (Å²) >= 11 is 0. The zero-order valence-electron chi connectivity index (χ0n) is 64.2. The summed E-state index contributed by atoms with van der Waals surface area (Å²) in [6.45, 7) is 4.71. The van der Waals surface area contributed by atoms with E-state index in [9.17, 15) is 0 Å². The molecular formula is C107H86N6. The molecule has 0 bridgehead atoms. The van der Waals surface area contributed by atoms with Gasteiger partial charge in [0.05, 0.1) is 11.4 Å². The molecule has 0 radical (unpaired) electrons. The third-order valence-electron chi connectivity index (χ3n) is 22.8. The molecule has 18 aromatic rings. The summed E-state index contributed by atoms with van der Waals surface area (Å²) in [5.41, 5.74) is 28.3. The summed E-state index contributed by atoms with van der Waals surface area (Å²) in [6.07, 6.45) is 0.973. The molecule has 0 amide bonds. The maximum absolute atomic E-state index is 2.43. The first-order valence-corrected chi connectivity index (χ1v) is 39.0. The van der Waals surface area contributed by atoms with Crippen LogP contribution in [0.4, 0.5) is 85.3 Å². The average Bonchev–Trinajstić information content (AvgIpc) is 1.34. The van der Waals surface area contributed by atoms with Crippen LogP contribution in [0.1, 0.15) is 36.1 Å². The van der Waals surface area contributed by atoms with Crippen molar-refractivity contribution < 1.29 is 0 Å². The van der Waals surface area contributed by atoms with Gasteiger partial charge in [0.1, 0.15) is 0 Å². The molecule has 0 aliphatic heterocycles. The van der Waals surface area contributed by atoms with Crippen LogP contribution in [0.25, 0.3) is 65.3 Å². The number of hydrogen-bond acceptors (Lipinski definition) is 6. The van der Waals surface area contributed by atoms with Gasteiger partial charge in [-0.2, -0.15) is 0 Å². The fraction of sp³-hybridized carbons (Fsp3) is 0.0654. The summed E-state index contributed by atoms with van der Waals surface area (Å²) in [4.78, 5) is 13.8. The topological polar surface area (TPSA) is 19.4 Å². The van der Waals surface area contributed by atoms with Crippen molar-refractivity contribution in [1.82, 2.24) is 0 Å². The van der Waals surface area contributed by atoms with Crippen molar-refractivity contribution in [3.8, 4) is 22.3 Å². The minimum Gasteiger partial charge on any atom is -0.345 e. The minimum atomic E-state index is -0.0601. The van der Waals surface area contributed by atoms with Crippen molar-refractivity contribution in [3.63, 3.8) is 0 Å². The van der Waals surface area contributed by atoms with Crippen molar-refractivity contribution >= 4 is 128 Å². The highest BCUT2D eigenvalue weighted by atomic mass is 15.2. The standard InChI is InChI=1S/C41H34N2.2C33H26N2/c1-41(2)39-16-10-9-15-37(39)38-24-22-34(27-40(38)41)43(32-19-17-31(18-20-32)42(3)30-12-5-4-6-13-30)33-21-23-36-29(26-33)25-28-11-7-8-14-35(28)36;1-34(27-15-3-2-4-16-27)28-21-23-29(24-22-28)35(32-19-9-13-25-11-5-7-17-30(25)32)33-20-10-14-26-12-6-8-18-31(26)33;1-34(29-13-3-2-4-14-29)30-19-21-31(22-20-30)35(32-17-15-25-9-5-7-11-27(25)23-32)33-18-16-26-10-6-8-12-28(26)24-33/h4-24,26-27H,25H2,1-3H3;2*2-24H,1H3. The van der Waals surface area contributed by atoms with Gasteiger partial charge in [-0.3, -0.25) is 0 Å². The Balaban J connectivity index is 0.000000119. The van der Waals surface area contributed by atoms with E-state index in [0.717, 1.165) is 51.9 Å². The molecule has 0 saturated heterocycles. The molecule has 0 spiro atoms. The maximum atomic E-state index is 2.43. The summed E-state index contributed by atoms with van der Waals surface area (Å²) in [5.74, 6) is 0. The van der Waals surface area contributed by atoms with E-state index in [1.165, 1.54) is 127 Å². The Labute approximate surface area is 663 Å². The van der Waals surface area contributed by atoms with Crippen LogP contribution >= 0.6 is 0 Å². The average molecular weight is 1460 g/mol. The second-order valence-corrected chi connectivity index (χ2v) is 29.9. The SMILES string of the molecule is CN(c1ccccc1)c1ccc(N(c2ccc3c(c2)Cc2ccccc2-3)c2ccc3c(c2)C(C)(C)c2ccccc2-3)cc1.CN(c1ccccc1)c1ccc(N(c2ccc3ccccc3c2)c2ccc3ccccc3c2)cc1.CN(c1ccccc1)c1ccc(N(c2cccc3ccccc23)c2cccc3ccccc23)cc1. The van der Waals surface area contributed by atoms with Crippen LogP contribution in [-0.4, -0.2) is 21.1 Å². The molecule has 6 heteroatoms. The molecular weight excluding hydrogens is 1370 g/mol. The highest BCUT2D eigenvalue weighted by Crippen LogP contribution is 2.52. The van der Waals surface area contributed by atoms with Crippen LogP contribution in [0.3, 0.4) is 0 Å². The molecule has 0 N–H and O–H groups in total. The van der Waals surface area contributed by atoms with Crippen LogP contribution < -0.4 is 29.4 Å². The van der Waals surface area contributed by atoms with E-state index in [-0.39, 0.29) is 5.41 Å². The molecule has 18 aromatic carbocycles. The zero-order chi connectivity index (χ0) is 76.4. The van der Waals surface area contributed by atoms with Gasteiger partial charge in [-0.15, -0.1) is 0 Å². The van der Waals surface area contributed by atoms with Gasteiger partial charge in [0, 0.05) is 111 Å². The van der Waals surface area contributed by atoms with Gasteiger partial charge in [0.2, 0.25) is 0 Å². The van der Waals surface area contributed by atoms with Crippen LogP contribution in [-0.2, 0) is 11.8 Å². The first-order valence-electron chi connectivity index (χ1n) is 39.0. The number of fused-ring (bicyclic) bond motifs is 10. The third-order valence-corrected chi connectivity index (χ3v) is 22.8.